The summed E-state index contributed by atoms with van der Waals surface area (Å²) in [6.45, 7) is 5.33. The molecule has 2 amide bonds. The molecule has 0 radical (unpaired) electrons. The van der Waals surface area contributed by atoms with Gasteiger partial charge in [0.25, 0.3) is 0 Å². The van der Waals surface area contributed by atoms with Gasteiger partial charge in [-0.3, -0.25) is 9.69 Å². The van der Waals surface area contributed by atoms with E-state index in [0.29, 0.717) is 19.8 Å². The van der Waals surface area contributed by atoms with Crippen LogP contribution in [-0.2, 0) is 46.4 Å². The normalized spacial score (nSPS) is 14.8. The topological polar surface area (TPSA) is 148 Å². The fourth-order valence-electron chi connectivity index (χ4n) is 4.86. The van der Waals surface area contributed by atoms with Crippen molar-refractivity contribution in [3.8, 4) is 0 Å². The van der Waals surface area contributed by atoms with E-state index in [1.807, 2.05) is 48.7 Å². The van der Waals surface area contributed by atoms with E-state index in [9.17, 15) is 19.2 Å². The minimum atomic E-state index is -1.11. The Morgan fingerprint density at radius 2 is 1.64 bits per heavy atom. The number of rotatable bonds is 15. The Morgan fingerprint density at radius 1 is 0.909 bits per heavy atom. The number of aromatic nitrogens is 1. The summed E-state index contributed by atoms with van der Waals surface area (Å²) in [6, 6.07) is 14.7. The van der Waals surface area contributed by atoms with Gasteiger partial charge in [-0.2, -0.15) is 0 Å². The molecule has 2 atom stereocenters. The third kappa shape index (κ3) is 10.1. The number of benzene rings is 2. The van der Waals surface area contributed by atoms with Crippen molar-refractivity contribution in [1.29, 1.82) is 0 Å². The summed E-state index contributed by atoms with van der Waals surface area (Å²) >= 11 is 0. The lowest BCUT2D eigenvalue weighted by Gasteiger charge is -2.26. The standard InChI is InChI=1S/C32H40N4O8/c1-2-42-30(38)27(35-32(40)44-22-23-8-4-3-5-9-23)12-13-29(37)34-28(20-24-21-33-26-11-7-6-10-25(24)26)31(39)43-19-16-36-14-17-41-18-15-36/h3-11,21,27-28,33H,2,12-20,22H2,1H3,(H,34,37)(H,35,40)/t27-,28-/m1/s1. The Balaban J connectivity index is 1.35. The SMILES string of the molecule is CCOC(=O)[C@@H](CCC(=O)N[C@H](Cc1c[nH]c2ccccc12)C(=O)OCCN1CCOCC1)NC(=O)OCc1ccccc1. The number of hydrogen-bond acceptors (Lipinski definition) is 9. The molecule has 1 aliphatic rings. The molecule has 4 rings (SSSR count). The van der Waals surface area contributed by atoms with Gasteiger partial charge in [0, 0.05) is 49.6 Å². The van der Waals surface area contributed by atoms with Gasteiger partial charge < -0.3 is 34.6 Å². The molecule has 1 aliphatic heterocycles. The van der Waals surface area contributed by atoms with E-state index in [4.69, 9.17) is 18.9 Å². The van der Waals surface area contributed by atoms with E-state index < -0.39 is 36.0 Å². The number of nitrogens with zero attached hydrogens (tertiary/aromatic N) is 1. The van der Waals surface area contributed by atoms with Gasteiger partial charge in [0.2, 0.25) is 5.91 Å². The molecule has 3 N–H and O–H groups in total. The van der Waals surface area contributed by atoms with Gasteiger partial charge in [0.05, 0.1) is 19.8 Å². The number of carbonyl (C=O) groups excluding carboxylic acids is 4. The number of amides is 2. The van der Waals surface area contributed by atoms with Crippen molar-refractivity contribution in [2.45, 2.75) is 44.9 Å². The first-order chi connectivity index (χ1) is 21.4. The van der Waals surface area contributed by atoms with Crippen molar-refractivity contribution in [3.63, 3.8) is 0 Å². The highest BCUT2D eigenvalue weighted by Gasteiger charge is 2.27. The summed E-state index contributed by atoms with van der Waals surface area (Å²) in [5.41, 5.74) is 2.55. The summed E-state index contributed by atoms with van der Waals surface area (Å²) in [4.78, 5) is 56.7. The Bertz CT molecular complexity index is 1370. The molecule has 2 heterocycles. The molecular formula is C32H40N4O8. The van der Waals surface area contributed by atoms with E-state index in [0.717, 1.165) is 35.1 Å². The number of morpholine rings is 1. The fraction of sp³-hybridized carbons (Fsp3) is 0.438. The van der Waals surface area contributed by atoms with Crippen molar-refractivity contribution >= 4 is 34.8 Å². The first-order valence-electron chi connectivity index (χ1n) is 14.9. The zero-order chi connectivity index (χ0) is 31.1. The third-order valence-corrected chi connectivity index (χ3v) is 7.21. The van der Waals surface area contributed by atoms with Crippen molar-refractivity contribution < 1.29 is 38.1 Å². The molecule has 0 saturated carbocycles. The summed E-state index contributed by atoms with van der Waals surface area (Å²) in [7, 11) is 0. The maximum Gasteiger partial charge on any atom is 0.408 e. The van der Waals surface area contributed by atoms with Crippen LogP contribution in [-0.4, -0.2) is 92.0 Å². The number of para-hydroxylation sites is 1. The highest BCUT2D eigenvalue weighted by molar-refractivity contribution is 5.88. The van der Waals surface area contributed by atoms with Crippen LogP contribution in [0.3, 0.4) is 0 Å². The number of H-pyrrole nitrogens is 1. The van der Waals surface area contributed by atoms with Crippen molar-refractivity contribution in [2.24, 2.45) is 0 Å². The van der Waals surface area contributed by atoms with E-state index in [1.165, 1.54) is 0 Å². The molecule has 1 saturated heterocycles. The quantitative estimate of drug-likeness (QED) is 0.175. The van der Waals surface area contributed by atoms with Crippen LogP contribution in [0.15, 0.2) is 60.8 Å². The van der Waals surface area contributed by atoms with Crippen LogP contribution >= 0.6 is 0 Å². The molecule has 0 unspecified atom stereocenters. The molecule has 1 fully saturated rings. The van der Waals surface area contributed by atoms with Gasteiger partial charge in [0.1, 0.15) is 25.3 Å². The fourth-order valence-corrected chi connectivity index (χ4v) is 4.86. The maximum atomic E-state index is 13.2. The van der Waals surface area contributed by atoms with Crippen LogP contribution < -0.4 is 10.6 Å². The molecule has 3 aromatic rings. The molecule has 236 valence electrons. The summed E-state index contributed by atoms with van der Waals surface area (Å²) < 4.78 is 21.3. The predicted molar refractivity (Wildman–Crippen MR) is 162 cm³/mol. The number of carbonyl (C=O) groups is 4. The molecule has 12 heteroatoms. The summed E-state index contributed by atoms with van der Waals surface area (Å²) in [5.74, 6) is -1.72. The van der Waals surface area contributed by atoms with Gasteiger partial charge in [0.15, 0.2) is 0 Å². The van der Waals surface area contributed by atoms with E-state index in [2.05, 4.69) is 20.5 Å². The molecule has 0 spiro atoms. The van der Waals surface area contributed by atoms with E-state index in [1.54, 1.807) is 19.1 Å². The van der Waals surface area contributed by atoms with Crippen LogP contribution in [0.5, 0.6) is 0 Å². The molecule has 2 aromatic carbocycles. The number of fused-ring (bicyclic) bond motifs is 1. The number of ether oxygens (including phenoxy) is 4. The Hall–Kier alpha value is -4.42. The molecule has 0 aliphatic carbocycles. The van der Waals surface area contributed by atoms with Crippen LogP contribution in [0.4, 0.5) is 4.79 Å². The smallest absolute Gasteiger partial charge is 0.408 e. The average Bonchev–Trinajstić information content (AvgIpc) is 3.45. The third-order valence-electron chi connectivity index (χ3n) is 7.21. The van der Waals surface area contributed by atoms with Gasteiger partial charge in [-0.1, -0.05) is 48.5 Å². The number of aromatic amines is 1. The highest BCUT2D eigenvalue weighted by Crippen LogP contribution is 2.19. The minimum Gasteiger partial charge on any atom is -0.464 e. The van der Waals surface area contributed by atoms with Crippen molar-refractivity contribution in [3.05, 3.63) is 71.9 Å². The van der Waals surface area contributed by atoms with Crippen LogP contribution in [0.25, 0.3) is 10.9 Å². The molecule has 1 aromatic heterocycles. The zero-order valence-electron chi connectivity index (χ0n) is 24.9. The number of esters is 2. The van der Waals surface area contributed by atoms with Gasteiger partial charge in [-0.15, -0.1) is 0 Å². The Labute approximate surface area is 256 Å². The lowest BCUT2D eigenvalue weighted by atomic mass is 10.0. The van der Waals surface area contributed by atoms with Gasteiger partial charge in [-0.25, -0.2) is 14.4 Å². The summed E-state index contributed by atoms with van der Waals surface area (Å²) in [5, 5.41) is 6.21. The number of nitrogens with one attached hydrogen (secondary N) is 3. The lowest BCUT2D eigenvalue weighted by molar-refractivity contribution is -0.149. The largest absolute Gasteiger partial charge is 0.464 e. The second-order valence-corrected chi connectivity index (χ2v) is 10.4. The first-order valence-corrected chi connectivity index (χ1v) is 14.9. The monoisotopic (exact) mass is 608 g/mol. The second kappa shape index (κ2) is 17.0. The molecule has 44 heavy (non-hydrogen) atoms. The maximum absolute atomic E-state index is 13.2. The second-order valence-electron chi connectivity index (χ2n) is 10.4. The minimum absolute atomic E-state index is 0.0197. The van der Waals surface area contributed by atoms with E-state index in [-0.39, 0.29) is 39.1 Å². The van der Waals surface area contributed by atoms with Gasteiger partial charge in [-0.05, 0) is 30.5 Å². The van der Waals surface area contributed by atoms with Crippen LogP contribution in [0.2, 0.25) is 0 Å². The van der Waals surface area contributed by atoms with Crippen LogP contribution in [0, 0.1) is 0 Å². The van der Waals surface area contributed by atoms with Gasteiger partial charge >= 0.3 is 18.0 Å². The van der Waals surface area contributed by atoms with Crippen molar-refractivity contribution in [2.75, 3.05) is 46.1 Å². The number of alkyl carbamates (subject to hydrolysis) is 1. The average molecular weight is 609 g/mol. The Morgan fingerprint density at radius 3 is 2.41 bits per heavy atom. The van der Waals surface area contributed by atoms with Crippen molar-refractivity contribution in [1.82, 2.24) is 20.5 Å². The Kier molecular flexibility index (Phi) is 12.6. The highest BCUT2D eigenvalue weighted by atomic mass is 16.6. The molecular weight excluding hydrogens is 568 g/mol. The lowest BCUT2D eigenvalue weighted by Crippen LogP contribution is -2.46. The first kappa shape index (κ1) is 32.5. The number of hydrogen-bond donors (Lipinski definition) is 3. The molecule has 12 nitrogen and oxygen atoms in total. The van der Waals surface area contributed by atoms with Crippen LogP contribution in [0.1, 0.15) is 30.9 Å². The summed E-state index contributed by atoms with van der Waals surface area (Å²) in [6.07, 6.45) is 0.989. The molecule has 0 bridgehead atoms. The zero-order valence-corrected chi connectivity index (χ0v) is 24.9. The van der Waals surface area contributed by atoms with E-state index >= 15 is 0 Å². The predicted octanol–water partition coefficient (Wildman–Crippen LogP) is 2.71.